The fourth-order valence-corrected chi connectivity index (χ4v) is 2.54. The Hall–Kier alpha value is -2.70. The Morgan fingerprint density at radius 3 is 2.62 bits per heavy atom. The molecule has 0 radical (unpaired) electrons. The van der Waals surface area contributed by atoms with E-state index >= 15 is 0 Å². The highest BCUT2D eigenvalue weighted by Gasteiger charge is 2.34. The predicted molar refractivity (Wildman–Crippen MR) is 73.1 cm³/mol. The van der Waals surface area contributed by atoms with Crippen LogP contribution in [0.2, 0.25) is 0 Å². The normalized spacial score (nSPS) is 17.9. The zero-order chi connectivity index (χ0) is 14.8. The predicted octanol–water partition coefficient (Wildman–Crippen LogP) is 0.956. The molecule has 1 atom stereocenters. The zero-order valence-corrected chi connectivity index (χ0v) is 11.2. The van der Waals surface area contributed by atoms with E-state index < -0.39 is 12.0 Å². The minimum atomic E-state index is -0.944. The molecule has 1 N–H and O–H groups in total. The fraction of sp³-hybridized carbons (Fsp3) is 0.286. The Morgan fingerprint density at radius 1 is 1.24 bits per heavy atom. The van der Waals surface area contributed by atoms with Gasteiger partial charge in [0.05, 0.1) is 18.1 Å². The summed E-state index contributed by atoms with van der Waals surface area (Å²) >= 11 is 0. The summed E-state index contributed by atoms with van der Waals surface area (Å²) in [5.74, 6) is -1.19. The molecule has 0 bridgehead atoms. The maximum absolute atomic E-state index is 12.4. The second kappa shape index (κ2) is 5.35. The molecule has 0 saturated carbocycles. The van der Waals surface area contributed by atoms with Gasteiger partial charge in [-0.05, 0) is 37.1 Å². The van der Waals surface area contributed by atoms with Gasteiger partial charge in [0.25, 0.3) is 5.91 Å². The lowest BCUT2D eigenvalue weighted by Crippen LogP contribution is -2.40. The van der Waals surface area contributed by atoms with Crippen LogP contribution >= 0.6 is 0 Å². The van der Waals surface area contributed by atoms with Gasteiger partial charge >= 0.3 is 5.97 Å². The minimum absolute atomic E-state index is 0.245. The number of carboxylic acids is 1. The SMILES string of the molecule is O=C(O)[C@H]1CCCN1C(=O)c1ccc(-n2ccnn2)cc1. The fourth-order valence-electron chi connectivity index (χ4n) is 2.54. The number of carbonyl (C=O) groups is 2. The molecule has 0 aliphatic carbocycles. The van der Waals surface area contributed by atoms with Crippen molar-refractivity contribution in [3.05, 3.63) is 42.2 Å². The zero-order valence-electron chi connectivity index (χ0n) is 11.2. The van der Waals surface area contributed by atoms with Gasteiger partial charge in [0.2, 0.25) is 0 Å². The lowest BCUT2D eigenvalue weighted by molar-refractivity contribution is -0.141. The molecule has 1 fully saturated rings. The molecule has 7 nitrogen and oxygen atoms in total. The summed E-state index contributed by atoms with van der Waals surface area (Å²) in [6.07, 6.45) is 4.51. The van der Waals surface area contributed by atoms with E-state index in [0.29, 0.717) is 18.5 Å². The summed E-state index contributed by atoms with van der Waals surface area (Å²) in [7, 11) is 0. The number of aliphatic carboxylic acids is 1. The summed E-state index contributed by atoms with van der Waals surface area (Å²) in [6, 6.07) is 6.15. The van der Waals surface area contributed by atoms with Crippen molar-refractivity contribution >= 4 is 11.9 Å². The number of hydrogen-bond donors (Lipinski definition) is 1. The van der Waals surface area contributed by atoms with Gasteiger partial charge in [-0.3, -0.25) is 4.79 Å². The van der Waals surface area contributed by atoms with Gasteiger partial charge in [-0.15, -0.1) is 5.10 Å². The van der Waals surface area contributed by atoms with Crippen LogP contribution < -0.4 is 0 Å². The third-order valence-corrected chi connectivity index (χ3v) is 3.60. The topological polar surface area (TPSA) is 88.3 Å². The summed E-state index contributed by atoms with van der Waals surface area (Å²) in [5.41, 5.74) is 1.27. The lowest BCUT2D eigenvalue weighted by atomic mass is 10.1. The first kappa shape index (κ1) is 13.3. The molecule has 2 heterocycles. The van der Waals surface area contributed by atoms with Gasteiger partial charge in [0.1, 0.15) is 6.04 Å². The van der Waals surface area contributed by atoms with Crippen molar-refractivity contribution < 1.29 is 14.7 Å². The standard InChI is InChI=1S/C14H14N4O3/c19-13(17-8-1-2-12(17)14(20)21)10-3-5-11(6-4-10)18-9-7-15-16-18/h3-7,9,12H,1-2,8H2,(H,20,21)/t12-/m1/s1. The van der Waals surface area contributed by atoms with Crippen LogP contribution in [0.5, 0.6) is 0 Å². The van der Waals surface area contributed by atoms with E-state index in [-0.39, 0.29) is 5.91 Å². The first-order valence-electron chi connectivity index (χ1n) is 6.67. The smallest absolute Gasteiger partial charge is 0.326 e. The van der Waals surface area contributed by atoms with Gasteiger partial charge < -0.3 is 10.0 Å². The van der Waals surface area contributed by atoms with Crippen LogP contribution in [0.15, 0.2) is 36.7 Å². The largest absolute Gasteiger partial charge is 0.480 e. The molecule has 1 aliphatic heterocycles. The molecule has 3 rings (SSSR count). The van der Waals surface area contributed by atoms with Crippen LogP contribution in [0.25, 0.3) is 5.69 Å². The summed E-state index contributed by atoms with van der Waals surface area (Å²) in [6.45, 7) is 0.487. The van der Waals surface area contributed by atoms with Gasteiger partial charge in [-0.1, -0.05) is 5.21 Å². The first-order chi connectivity index (χ1) is 10.2. The van der Waals surface area contributed by atoms with Crippen LogP contribution in [0.4, 0.5) is 0 Å². The highest BCUT2D eigenvalue weighted by molar-refractivity contribution is 5.97. The molecule has 1 aromatic carbocycles. The van der Waals surface area contributed by atoms with E-state index in [1.165, 1.54) is 4.90 Å². The van der Waals surface area contributed by atoms with Crippen LogP contribution in [0.3, 0.4) is 0 Å². The molecule has 2 aromatic rings. The van der Waals surface area contributed by atoms with Gasteiger partial charge in [0, 0.05) is 12.1 Å². The Balaban J connectivity index is 1.80. The Labute approximate surface area is 120 Å². The minimum Gasteiger partial charge on any atom is -0.480 e. The molecule has 108 valence electrons. The highest BCUT2D eigenvalue weighted by atomic mass is 16.4. The molecule has 0 unspecified atom stereocenters. The number of benzene rings is 1. The van der Waals surface area contributed by atoms with E-state index in [1.54, 1.807) is 41.3 Å². The van der Waals surface area contributed by atoms with Crippen molar-refractivity contribution in [3.8, 4) is 5.69 Å². The highest BCUT2D eigenvalue weighted by Crippen LogP contribution is 2.20. The summed E-state index contributed by atoms with van der Waals surface area (Å²) < 4.78 is 1.59. The third-order valence-electron chi connectivity index (χ3n) is 3.60. The Kier molecular flexibility index (Phi) is 3.39. The van der Waals surface area contributed by atoms with Crippen LogP contribution in [-0.2, 0) is 4.79 Å². The maximum atomic E-state index is 12.4. The summed E-state index contributed by atoms with van der Waals surface area (Å²) in [5, 5.41) is 16.7. The average molecular weight is 286 g/mol. The Morgan fingerprint density at radius 2 is 2.00 bits per heavy atom. The molecule has 1 amide bonds. The second-order valence-electron chi connectivity index (χ2n) is 4.89. The number of amides is 1. The number of hydrogen-bond acceptors (Lipinski definition) is 4. The van der Waals surface area contributed by atoms with E-state index in [9.17, 15) is 9.59 Å². The third kappa shape index (κ3) is 2.49. The van der Waals surface area contributed by atoms with Crippen molar-refractivity contribution in [2.24, 2.45) is 0 Å². The maximum Gasteiger partial charge on any atom is 0.326 e. The van der Waals surface area contributed by atoms with Crippen LogP contribution in [-0.4, -0.2) is 49.5 Å². The van der Waals surface area contributed by atoms with Crippen molar-refractivity contribution in [2.45, 2.75) is 18.9 Å². The molecule has 1 saturated heterocycles. The number of aromatic nitrogens is 3. The van der Waals surface area contributed by atoms with Crippen molar-refractivity contribution in [1.82, 2.24) is 19.9 Å². The first-order valence-corrected chi connectivity index (χ1v) is 6.67. The molecular formula is C14H14N4O3. The molecule has 0 spiro atoms. The van der Waals surface area contributed by atoms with E-state index in [2.05, 4.69) is 10.3 Å². The van der Waals surface area contributed by atoms with Crippen molar-refractivity contribution in [2.75, 3.05) is 6.54 Å². The molecule has 21 heavy (non-hydrogen) atoms. The molecule has 1 aromatic heterocycles. The van der Waals surface area contributed by atoms with Crippen molar-refractivity contribution in [1.29, 1.82) is 0 Å². The number of rotatable bonds is 3. The lowest BCUT2D eigenvalue weighted by Gasteiger charge is -2.21. The number of carboxylic acid groups (broad SMARTS) is 1. The van der Waals surface area contributed by atoms with Gasteiger partial charge in [-0.25, -0.2) is 9.48 Å². The van der Waals surface area contributed by atoms with E-state index in [1.807, 2.05) is 0 Å². The quantitative estimate of drug-likeness (QED) is 0.907. The van der Waals surface area contributed by atoms with Crippen LogP contribution in [0.1, 0.15) is 23.2 Å². The van der Waals surface area contributed by atoms with Crippen LogP contribution in [0, 0.1) is 0 Å². The van der Waals surface area contributed by atoms with Gasteiger partial charge in [0.15, 0.2) is 0 Å². The number of nitrogens with zero attached hydrogens (tertiary/aromatic N) is 4. The molecule has 7 heteroatoms. The van der Waals surface area contributed by atoms with Crippen molar-refractivity contribution in [3.63, 3.8) is 0 Å². The Bertz CT molecular complexity index is 651. The second-order valence-corrected chi connectivity index (χ2v) is 4.89. The number of likely N-dealkylation sites (tertiary alicyclic amines) is 1. The monoisotopic (exact) mass is 286 g/mol. The van der Waals surface area contributed by atoms with E-state index in [4.69, 9.17) is 5.11 Å². The number of carbonyl (C=O) groups excluding carboxylic acids is 1. The van der Waals surface area contributed by atoms with E-state index in [0.717, 1.165) is 12.1 Å². The summed E-state index contributed by atoms with van der Waals surface area (Å²) in [4.78, 5) is 25.0. The molecular weight excluding hydrogens is 272 g/mol. The molecule has 1 aliphatic rings. The van der Waals surface area contributed by atoms with Gasteiger partial charge in [-0.2, -0.15) is 0 Å². The average Bonchev–Trinajstić information content (AvgIpc) is 3.18.